The van der Waals surface area contributed by atoms with Gasteiger partial charge >= 0.3 is 0 Å². The number of hydrogen-bond acceptors (Lipinski definition) is 2. The van der Waals surface area contributed by atoms with E-state index in [0.717, 1.165) is 12.5 Å². The lowest BCUT2D eigenvalue weighted by molar-refractivity contribution is 0.385. The first kappa shape index (κ1) is 11.7. The van der Waals surface area contributed by atoms with Crippen molar-refractivity contribution >= 4 is 11.3 Å². The summed E-state index contributed by atoms with van der Waals surface area (Å²) in [7, 11) is 0. The summed E-state index contributed by atoms with van der Waals surface area (Å²) >= 11 is 1.79. The van der Waals surface area contributed by atoms with Crippen molar-refractivity contribution in [2.75, 3.05) is 6.54 Å². The van der Waals surface area contributed by atoms with Crippen LogP contribution in [-0.2, 0) is 6.42 Å². The van der Waals surface area contributed by atoms with Crippen LogP contribution in [0.1, 0.15) is 32.8 Å². The Morgan fingerprint density at radius 1 is 1.43 bits per heavy atom. The Labute approximate surface area is 91.5 Å². The quantitative estimate of drug-likeness (QED) is 0.761. The number of hydrogen-bond donors (Lipinski definition) is 1. The van der Waals surface area contributed by atoms with Crippen LogP contribution in [-0.4, -0.2) is 12.6 Å². The summed E-state index contributed by atoms with van der Waals surface area (Å²) in [6, 6.07) is 2.90. The Bertz CT molecular complexity index is 228. The highest BCUT2D eigenvalue weighted by atomic mass is 32.1. The van der Waals surface area contributed by atoms with Gasteiger partial charge in [-0.3, -0.25) is 0 Å². The molecule has 1 heterocycles. The third-order valence-corrected chi connectivity index (χ3v) is 3.33. The van der Waals surface area contributed by atoms with Crippen LogP contribution in [0.2, 0.25) is 0 Å². The Kier molecular flexibility index (Phi) is 5.20. The molecule has 14 heavy (non-hydrogen) atoms. The molecule has 0 bridgehead atoms. The molecule has 1 aromatic heterocycles. The minimum absolute atomic E-state index is 0.667. The Hall–Kier alpha value is -0.340. The molecule has 0 aromatic carbocycles. The van der Waals surface area contributed by atoms with E-state index in [1.54, 1.807) is 11.3 Å². The first-order valence-electron chi connectivity index (χ1n) is 5.48. The molecule has 0 saturated heterocycles. The smallest absolute Gasteiger partial charge is 0.00931 e. The molecule has 80 valence electrons. The summed E-state index contributed by atoms with van der Waals surface area (Å²) in [5, 5.41) is 7.96. The second-order valence-electron chi connectivity index (χ2n) is 4.08. The molecule has 0 aliphatic heterocycles. The van der Waals surface area contributed by atoms with Gasteiger partial charge in [0, 0.05) is 6.04 Å². The summed E-state index contributed by atoms with van der Waals surface area (Å²) < 4.78 is 0. The molecule has 0 amide bonds. The minimum Gasteiger partial charge on any atom is -0.314 e. The van der Waals surface area contributed by atoms with Crippen molar-refractivity contribution in [3.05, 3.63) is 22.4 Å². The van der Waals surface area contributed by atoms with E-state index in [1.807, 2.05) is 0 Å². The van der Waals surface area contributed by atoms with Crippen LogP contribution in [0.5, 0.6) is 0 Å². The molecule has 2 heteroatoms. The second-order valence-corrected chi connectivity index (χ2v) is 4.86. The van der Waals surface area contributed by atoms with E-state index in [2.05, 4.69) is 42.9 Å². The highest BCUT2D eigenvalue weighted by Gasteiger charge is 2.11. The molecule has 1 unspecified atom stereocenters. The maximum absolute atomic E-state index is 3.55. The van der Waals surface area contributed by atoms with E-state index < -0.39 is 0 Å². The standard InChI is InChI=1S/C12H21NS/c1-4-13-12(10(2)3)6-5-11-7-8-14-9-11/h7-10,12-13H,4-6H2,1-3H3. The van der Waals surface area contributed by atoms with Crippen LogP contribution in [0, 0.1) is 5.92 Å². The van der Waals surface area contributed by atoms with Crippen LogP contribution < -0.4 is 5.32 Å². The Morgan fingerprint density at radius 2 is 2.21 bits per heavy atom. The zero-order valence-electron chi connectivity index (χ0n) is 9.42. The van der Waals surface area contributed by atoms with E-state index in [0.29, 0.717) is 6.04 Å². The van der Waals surface area contributed by atoms with Gasteiger partial charge in [0.1, 0.15) is 0 Å². The van der Waals surface area contributed by atoms with Crippen LogP contribution in [0.3, 0.4) is 0 Å². The van der Waals surface area contributed by atoms with Gasteiger partial charge in [0.15, 0.2) is 0 Å². The van der Waals surface area contributed by atoms with Gasteiger partial charge in [-0.1, -0.05) is 20.8 Å². The zero-order valence-corrected chi connectivity index (χ0v) is 10.2. The first-order chi connectivity index (χ1) is 6.74. The number of aryl methyl sites for hydroxylation is 1. The highest BCUT2D eigenvalue weighted by Crippen LogP contribution is 2.13. The van der Waals surface area contributed by atoms with Crippen LogP contribution >= 0.6 is 11.3 Å². The molecule has 1 aromatic rings. The lowest BCUT2D eigenvalue weighted by atomic mass is 9.97. The van der Waals surface area contributed by atoms with Gasteiger partial charge in [-0.2, -0.15) is 11.3 Å². The fourth-order valence-corrected chi connectivity index (χ4v) is 2.39. The van der Waals surface area contributed by atoms with E-state index >= 15 is 0 Å². The van der Waals surface area contributed by atoms with Gasteiger partial charge in [-0.15, -0.1) is 0 Å². The van der Waals surface area contributed by atoms with Crippen LogP contribution in [0.25, 0.3) is 0 Å². The van der Waals surface area contributed by atoms with Gasteiger partial charge in [0.2, 0.25) is 0 Å². The largest absolute Gasteiger partial charge is 0.314 e. The fourth-order valence-electron chi connectivity index (χ4n) is 1.69. The molecule has 1 N–H and O–H groups in total. The van der Waals surface area contributed by atoms with E-state index in [4.69, 9.17) is 0 Å². The topological polar surface area (TPSA) is 12.0 Å². The first-order valence-corrected chi connectivity index (χ1v) is 6.42. The van der Waals surface area contributed by atoms with Gasteiger partial charge in [0.05, 0.1) is 0 Å². The third-order valence-electron chi connectivity index (χ3n) is 2.60. The molecule has 0 radical (unpaired) electrons. The predicted octanol–water partition coefficient (Wildman–Crippen LogP) is 3.31. The van der Waals surface area contributed by atoms with E-state index in [-0.39, 0.29) is 0 Å². The van der Waals surface area contributed by atoms with Crippen molar-refractivity contribution in [3.8, 4) is 0 Å². The van der Waals surface area contributed by atoms with Gasteiger partial charge < -0.3 is 5.32 Å². The third kappa shape index (κ3) is 3.81. The molecule has 0 aliphatic rings. The summed E-state index contributed by atoms with van der Waals surface area (Å²) in [5.41, 5.74) is 1.48. The van der Waals surface area contributed by atoms with Crippen LogP contribution in [0.15, 0.2) is 16.8 Å². The maximum Gasteiger partial charge on any atom is 0.00931 e. The minimum atomic E-state index is 0.667. The molecule has 1 nitrogen and oxygen atoms in total. The van der Waals surface area contributed by atoms with Gasteiger partial charge in [0.25, 0.3) is 0 Å². The summed E-state index contributed by atoms with van der Waals surface area (Å²) in [4.78, 5) is 0. The molecule has 0 spiro atoms. The molecule has 0 fully saturated rings. The van der Waals surface area contributed by atoms with Crippen molar-refractivity contribution in [1.29, 1.82) is 0 Å². The Morgan fingerprint density at radius 3 is 2.71 bits per heavy atom. The van der Waals surface area contributed by atoms with E-state index in [1.165, 1.54) is 18.4 Å². The van der Waals surface area contributed by atoms with Crippen molar-refractivity contribution < 1.29 is 0 Å². The molecular weight excluding hydrogens is 190 g/mol. The zero-order chi connectivity index (χ0) is 10.4. The van der Waals surface area contributed by atoms with Crippen molar-refractivity contribution in [2.24, 2.45) is 5.92 Å². The van der Waals surface area contributed by atoms with E-state index in [9.17, 15) is 0 Å². The highest BCUT2D eigenvalue weighted by molar-refractivity contribution is 7.07. The predicted molar refractivity (Wildman–Crippen MR) is 64.9 cm³/mol. The lowest BCUT2D eigenvalue weighted by Gasteiger charge is -2.21. The molecule has 1 rings (SSSR count). The molecule has 0 saturated carbocycles. The average Bonchev–Trinajstić information content (AvgIpc) is 2.64. The summed E-state index contributed by atoms with van der Waals surface area (Å²) in [6.45, 7) is 7.84. The Balaban J connectivity index is 2.33. The molecule has 1 atom stereocenters. The molecule has 0 aliphatic carbocycles. The second kappa shape index (κ2) is 6.20. The lowest BCUT2D eigenvalue weighted by Crippen LogP contribution is -2.34. The average molecular weight is 211 g/mol. The van der Waals surface area contributed by atoms with Crippen molar-refractivity contribution in [2.45, 2.75) is 39.7 Å². The van der Waals surface area contributed by atoms with Crippen molar-refractivity contribution in [3.63, 3.8) is 0 Å². The number of rotatable bonds is 6. The maximum atomic E-state index is 3.55. The fraction of sp³-hybridized carbons (Fsp3) is 0.667. The SMILES string of the molecule is CCNC(CCc1ccsc1)C(C)C. The number of nitrogens with one attached hydrogen (secondary N) is 1. The number of thiophene rings is 1. The van der Waals surface area contributed by atoms with Gasteiger partial charge in [-0.25, -0.2) is 0 Å². The van der Waals surface area contributed by atoms with Crippen LogP contribution in [0.4, 0.5) is 0 Å². The molecular formula is C12H21NS. The van der Waals surface area contributed by atoms with Gasteiger partial charge in [-0.05, 0) is 47.7 Å². The summed E-state index contributed by atoms with van der Waals surface area (Å²) in [5.74, 6) is 0.730. The normalized spacial score (nSPS) is 13.4. The summed E-state index contributed by atoms with van der Waals surface area (Å²) in [6.07, 6.45) is 2.46. The monoisotopic (exact) mass is 211 g/mol. The van der Waals surface area contributed by atoms with Crippen molar-refractivity contribution in [1.82, 2.24) is 5.32 Å².